The van der Waals surface area contributed by atoms with E-state index in [9.17, 15) is 9.59 Å². The summed E-state index contributed by atoms with van der Waals surface area (Å²) >= 11 is 2.64. The molecule has 0 saturated heterocycles. The highest BCUT2D eigenvalue weighted by Gasteiger charge is 2.12. The zero-order valence-corrected chi connectivity index (χ0v) is 14.3. The van der Waals surface area contributed by atoms with E-state index >= 15 is 0 Å². The maximum Gasteiger partial charge on any atom is 0.271 e. The third-order valence-corrected chi connectivity index (χ3v) is 5.32. The van der Waals surface area contributed by atoms with Gasteiger partial charge in [0.2, 0.25) is 5.91 Å². The number of carbonyl (C=O) groups is 1. The van der Waals surface area contributed by atoms with Gasteiger partial charge in [0.1, 0.15) is 4.70 Å². The Labute approximate surface area is 141 Å². The van der Waals surface area contributed by atoms with Crippen LogP contribution >= 0.6 is 23.1 Å². The van der Waals surface area contributed by atoms with Gasteiger partial charge in [-0.05, 0) is 30.0 Å². The molecule has 2 aromatic heterocycles. The highest BCUT2D eigenvalue weighted by molar-refractivity contribution is 7.99. The monoisotopic (exact) mass is 345 g/mol. The van der Waals surface area contributed by atoms with Crippen LogP contribution in [0.2, 0.25) is 0 Å². The third-order valence-electron chi connectivity index (χ3n) is 3.40. The maximum absolute atomic E-state index is 12.2. The number of fused-ring (bicyclic) bond motifs is 1. The van der Waals surface area contributed by atoms with Crippen LogP contribution in [0.25, 0.3) is 10.2 Å². The van der Waals surface area contributed by atoms with Crippen LogP contribution in [0.5, 0.6) is 0 Å². The maximum atomic E-state index is 12.2. The van der Waals surface area contributed by atoms with Crippen LogP contribution in [-0.4, -0.2) is 21.2 Å². The smallest absolute Gasteiger partial charge is 0.271 e. The van der Waals surface area contributed by atoms with E-state index < -0.39 is 0 Å². The van der Waals surface area contributed by atoms with Gasteiger partial charge in [0.05, 0.1) is 11.3 Å². The average Bonchev–Trinajstić information content (AvgIpc) is 3.00. The molecule has 0 spiro atoms. The van der Waals surface area contributed by atoms with E-state index in [2.05, 4.69) is 10.3 Å². The zero-order valence-electron chi connectivity index (χ0n) is 12.7. The standard InChI is InChI=1S/C16H15N3O2S2/c1-10-5-3-4-6-11(10)17-13(20)9-23-16-18-12-7-8-22-14(12)15(21)19(16)2/h3-8H,9H2,1-2H3,(H,17,20). The van der Waals surface area contributed by atoms with E-state index in [0.29, 0.717) is 15.4 Å². The number of anilines is 1. The molecule has 0 aliphatic rings. The molecule has 0 radical (unpaired) electrons. The number of hydrogen-bond acceptors (Lipinski definition) is 5. The summed E-state index contributed by atoms with van der Waals surface area (Å²) < 4.78 is 2.13. The molecule has 1 amide bonds. The summed E-state index contributed by atoms with van der Waals surface area (Å²) in [5, 5.41) is 5.26. The molecule has 1 aromatic carbocycles. The summed E-state index contributed by atoms with van der Waals surface area (Å²) in [7, 11) is 1.68. The van der Waals surface area contributed by atoms with Gasteiger partial charge in [-0.2, -0.15) is 0 Å². The predicted octanol–water partition coefficient (Wildman–Crippen LogP) is 3.03. The van der Waals surface area contributed by atoms with Crippen molar-refractivity contribution in [1.29, 1.82) is 0 Å². The summed E-state index contributed by atoms with van der Waals surface area (Å²) in [6.07, 6.45) is 0. The van der Waals surface area contributed by atoms with Crippen LogP contribution < -0.4 is 10.9 Å². The predicted molar refractivity (Wildman–Crippen MR) is 95.4 cm³/mol. The Balaban J connectivity index is 1.73. The van der Waals surface area contributed by atoms with Crippen LogP contribution in [-0.2, 0) is 11.8 Å². The summed E-state index contributed by atoms with van der Waals surface area (Å²) in [5.41, 5.74) is 2.41. The van der Waals surface area contributed by atoms with Crippen molar-refractivity contribution in [2.45, 2.75) is 12.1 Å². The molecule has 0 aliphatic carbocycles. The van der Waals surface area contributed by atoms with E-state index in [1.54, 1.807) is 7.05 Å². The van der Waals surface area contributed by atoms with Crippen molar-refractivity contribution in [2.24, 2.45) is 7.05 Å². The normalized spacial score (nSPS) is 10.9. The summed E-state index contributed by atoms with van der Waals surface area (Å²) in [4.78, 5) is 28.8. The quantitative estimate of drug-likeness (QED) is 0.583. The summed E-state index contributed by atoms with van der Waals surface area (Å²) in [5.74, 6) is 0.0773. The molecule has 23 heavy (non-hydrogen) atoms. The number of hydrogen-bond donors (Lipinski definition) is 1. The molecule has 3 rings (SSSR count). The number of thiophene rings is 1. The SMILES string of the molecule is Cc1ccccc1NC(=O)CSc1nc2ccsc2c(=O)n1C. The second-order valence-electron chi connectivity index (χ2n) is 5.05. The van der Waals surface area contributed by atoms with Crippen molar-refractivity contribution in [2.75, 3.05) is 11.1 Å². The lowest BCUT2D eigenvalue weighted by molar-refractivity contribution is -0.113. The number of aryl methyl sites for hydroxylation is 1. The molecule has 7 heteroatoms. The van der Waals surface area contributed by atoms with Crippen molar-refractivity contribution in [3.63, 3.8) is 0 Å². The first kappa shape index (κ1) is 15.8. The highest BCUT2D eigenvalue weighted by atomic mass is 32.2. The molecule has 118 valence electrons. The van der Waals surface area contributed by atoms with Gasteiger partial charge in [0.25, 0.3) is 5.56 Å². The van der Waals surface area contributed by atoms with Crippen molar-refractivity contribution in [3.8, 4) is 0 Å². The number of amides is 1. The molecule has 0 bridgehead atoms. The van der Waals surface area contributed by atoms with Crippen molar-refractivity contribution in [3.05, 3.63) is 51.6 Å². The number of benzene rings is 1. The molecular formula is C16H15N3O2S2. The lowest BCUT2D eigenvalue weighted by atomic mass is 10.2. The van der Waals surface area contributed by atoms with Crippen molar-refractivity contribution in [1.82, 2.24) is 9.55 Å². The number of aromatic nitrogens is 2. The molecule has 0 saturated carbocycles. The minimum absolute atomic E-state index is 0.0770. The molecule has 0 fully saturated rings. The second-order valence-corrected chi connectivity index (χ2v) is 6.90. The van der Waals surface area contributed by atoms with Gasteiger partial charge >= 0.3 is 0 Å². The number of nitrogens with zero attached hydrogens (tertiary/aromatic N) is 2. The molecule has 0 unspecified atom stereocenters. The number of para-hydroxylation sites is 1. The Hall–Kier alpha value is -2.12. The number of nitrogens with one attached hydrogen (secondary N) is 1. The van der Waals surface area contributed by atoms with Crippen LogP contribution in [0.1, 0.15) is 5.56 Å². The van der Waals surface area contributed by atoms with Gasteiger partial charge in [0.15, 0.2) is 5.16 Å². The Kier molecular flexibility index (Phi) is 4.49. The van der Waals surface area contributed by atoms with E-state index in [1.165, 1.54) is 27.7 Å². The Morgan fingerprint density at radius 2 is 2.13 bits per heavy atom. The number of thioether (sulfide) groups is 1. The zero-order chi connectivity index (χ0) is 16.4. The minimum atomic E-state index is -0.121. The second kappa shape index (κ2) is 6.55. The average molecular weight is 345 g/mol. The van der Waals surface area contributed by atoms with Gasteiger partial charge in [0, 0.05) is 12.7 Å². The molecule has 3 aromatic rings. The van der Waals surface area contributed by atoms with E-state index in [1.807, 2.05) is 42.6 Å². The first-order valence-electron chi connectivity index (χ1n) is 6.99. The van der Waals surface area contributed by atoms with Gasteiger partial charge in [-0.1, -0.05) is 30.0 Å². The van der Waals surface area contributed by atoms with E-state index in [0.717, 1.165) is 11.3 Å². The van der Waals surface area contributed by atoms with Gasteiger partial charge < -0.3 is 5.32 Å². The first-order chi connectivity index (χ1) is 11.1. The topological polar surface area (TPSA) is 64.0 Å². The van der Waals surface area contributed by atoms with E-state index in [4.69, 9.17) is 0 Å². The third kappa shape index (κ3) is 3.30. The van der Waals surface area contributed by atoms with E-state index in [-0.39, 0.29) is 17.2 Å². The molecule has 1 N–H and O–H groups in total. The summed E-state index contributed by atoms with van der Waals surface area (Å²) in [6.45, 7) is 1.94. The van der Waals surface area contributed by atoms with Crippen LogP contribution in [0.4, 0.5) is 5.69 Å². The van der Waals surface area contributed by atoms with Gasteiger partial charge in [-0.25, -0.2) is 4.98 Å². The van der Waals surface area contributed by atoms with Crippen LogP contribution in [0, 0.1) is 6.92 Å². The first-order valence-corrected chi connectivity index (χ1v) is 8.85. The molecule has 2 heterocycles. The van der Waals surface area contributed by atoms with Crippen molar-refractivity contribution >= 4 is 44.9 Å². The van der Waals surface area contributed by atoms with Gasteiger partial charge in [-0.15, -0.1) is 11.3 Å². The van der Waals surface area contributed by atoms with Crippen molar-refractivity contribution < 1.29 is 4.79 Å². The molecule has 5 nitrogen and oxygen atoms in total. The molecular weight excluding hydrogens is 330 g/mol. The number of carbonyl (C=O) groups excluding carboxylic acids is 1. The Morgan fingerprint density at radius 3 is 2.91 bits per heavy atom. The molecule has 0 aliphatic heterocycles. The fourth-order valence-corrected chi connectivity index (χ4v) is 3.70. The van der Waals surface area contributed by atoms with Gasteiger partial charge in [-0.3, -0.25) is 14.2 Å². The lowest BCUT2D eigenvalue weighted by Gasteiger charge is -2.09. The number of rotatable bonds is 4. The van der Waals surface area contributed by atoms with Crippen LogP contribution in [0.3, 0.4) is 0 Å². The fourth-order valence-electron chi connectivity index (χ4n) is 2.13. The molecule has 0 atom stereocenters. The summed E-state index contributed by atoms with van der Waals surface area (Å²) in [6, 6.07) is 9.43. The largest absolute Gasteiger partial charge is 0.325 e. The highest BCUT2D eigenvalue weighted by Crippen LogP contribution is 2.20. The van der Waals surface area contributed by atoms with Crippen LogP contribution in [0.15, 0.2) is 45.7 Å². The Bertz CT molecular complexity index is 930. The lowest BCUT2D eigenvalue weighted by Crippen LogP contribution is -2.20. The Morgan fingerprint density at radius 1 is 1.35 bits per heavy atom. The fraction of sp³-hybridized carbons (Fsp3) is 0.188. The minimum Gasteiger partial charge on any atom is -0.325 e.